The zero-order valence-corrected chi connectivity index (χ0v) is 16.3. The van der Waals surface area contributed by atoms with Gasteiger partial charge in [0.05, 0.1) is 24.1 Å². The maximum absolute atomic E-state index is 12.0. The Balaban J connectivity index is 1.93. The van der Waals surface area contributed by atoms with Gasteiger partial charge in [0.15, 0.2) is 16.4 Å². The van der Waals surface area contributed by atoms with Gasteiger partial charge in [0.25, 0.3) is 5.91 Å². The van der Waals surface area contributed by atoms with E-state index in [1.54, 1.807) is 12.1 Å². The first-order chi connectivity index (χ1) is 12.7. The number of benzene rings is 2. The van der Waals surface area contributed by atoms with Gasteiger partial charge in [0.2, 0.25) is 0 Å². The number of hydrogen-bond donors (Lipinski definition) is 1. The van der Waals surface area contributed by atoms with E-state index < -0.39 is 28.3 Å². The monoisotopic (exact) mass is 411 g/mol. The maximum Gasteiger partial charge on any atom is 0.338 e. The molecular formula is C18H18ClNO6S. The summed E-state index contributed by atoms with van der Waals surface area (Å²) in [7, 11) is -1.71. The first-order valence-corrected chi connectivity index (χ1v) is 10.2. The second-order valence-electron chi connectivity index (χ2n) is 5.74. The molecule has 0 bridgehead atoms. The van der Waals surface area contributed by atoms with Crippen LogP contribution in [0, 0.1) is 0 Å². The van der Waals surface area contributed by atoms with Crippen molar-refractivity contribution < 1.29 is 27.5 Å². The van der Waals surface area contributed by atoms with Gasteiger partial charge in [-0.1, -0.05) is 23.7 Å². The Labute approximate surface area is 162 Å². The molecule has 0 saturated heterocycles. The van der Waals surface area contributed by atoms with Crippen LogP contribution in [0.5, 0.6) is 5.75 Å². The summed E-state index contributed by atoms with van der Waals surface area (Å²) >= 11 is 5.89. The first-order valence-electron chi connectivity index (χ1n) is 7.75. The average Bonchev–Trinajstić information content (AvgIpc) is 2.59. The lowest BCUT2D eigenvalue weighted by Gasteiger charge is -2.11. The third-order valence-corrected chi connectivity index (χ3v) is 4.48. The van der Waals surface area contributed by atoms with Crippen molar-refractivity contribution in [3.05, 3.63) is 58.6 Å². The SMILES string of the molecule is COc1ccc(Cl)cc1NC(=O)COC(=O)c1ccc(CS(C)(=O)=O)cc1. The van der Waals surface area contributed by atoms with Crippen LogP contribution in [0.25, 0.3) is 0 Å². The van der Waals surface area contributed by atoms with Crippen LogP contribution in [-0.4, -0.2) is 40.3 Å². The number of carbonyl (C=O) groups excluding carboxylic acids is 2. The van der Waals surface area contributed by atoms with Crippen molar-refractivity contribution >= 4 is 39.0 Å². The molecule has 0 aliphatic carbocycles. The molecule has 144 valence electrons. The van der Waals surface area contributed by atoms with Crippen molar-refractivity contribution in [3.8, 4) is 5.75 Å². The summed E-state index contributed by atoms with van der Waals surface area (Å²) in [4.78, 5) is 24.0. The molecule has 7 nitrogen and oxygen atoms in total. The molecule has 0 unspecified atom stereocenters. The van der Waals surface area contributed by atoms with Crippen molar-refractivity contribution in [1.29, 1.82) is 0 Å². The fourth-order valence-electron chi connectivity index (χ4n) is 2.22. The van der Waals surface area contributed by atoms with Crippen LogP contribution in [0.15, 0.2) is 42.5 Å². The lowest BCUT2D eigenvalue weighted by Crippen LogP contribution is -2.21. The number of hydrogen-bond acceptors (Lipinski definition) is 6. The van der Waals surface area contributed by atoms with Crippen LogP contribution >= 0.6 is 11.6 Å². The highest BCUT2D eigenvalue weighted by Gasteiger charge is 2.13. The third kappa shape index (κ3) is 6.58. The minimum atomic E-state index is -3.16. The number of methoxy groups -OCH3 is 1. The second-order valence-corrected chi connectivity index (χ2v) is 8.31. The summed E-state index contributed by atoms with van der Waals surface area (Å²) < 4.78 is 32.6. The molecule has 1 N–H and O–H groups in total. The van der Waals surface area contributed by atoms with Crippen molar-refractivity contribution in [1.82, 2.24) is 0 Å². The molecule has 0 aromatic heterocycles. The van der Waals surface area contributed by atoms with Gasteiger partial charge in [-0.25, -0.2) is 13.2 Å². The van der Waals surface area contributed by atoms with Crippen LogP contribution in [0.2, 0.25) is 5.02 Å². The highest BCUT2D eigenvalue weighted by atomic mass is 35.5. The Kier molecular flexibility index (Phi) is 6.81. The maximum atomic E-state index is 12.0. The molecule has 2 aromatic rings. The number of rotatable bonds is 7. The van der Waals surface area contributed by atoms with Gasteiger partial charge in [0, 0.05) is 11.3 Å². The molecular weight excluding hydrogens is 394 g/mol. The predicted molar refractivity (Wildman–Crippen MR) is 102 cm³/mol. The number of carbonyl (C=O) groups is 2. The second kappa shape index (κ2) is 8.88. The molecule has 0 aliphatic heterocycles. The number of nitrogens with one attached hydrogen (secondary N) is 1. The summed E-state index contributed by atoms with van der Waals surface area (Å²) in [6, 6.07) is 10.7. The molecule has 9 heteroatoms. The van der Waals surface area contributed by atoms with Crippen molar-refractivity contribution in [2.45, 2.75) is 5.75 Å². The predicted octanol–water partition coefficient (Wildman–Crippen LogP) is 2.69. The normalized spacial score (nSPS) is 10.9. The number of halogens is 1. The zero-order valence-electron chi connectivity index (χ0n) is 14.7. The van der Waals surface area contributed by atoms with E-state index in [1.165, 1.54) is 37.4 Å². The van der Waals surface area contributed by atoms with Gasteiger partial charge in [-0.05, 0) is 35.9 Å². The summed E-state index contributed by atoms with van der Waals surface area (Å²) in [5, 5.41) is 2.97. The summed E-state index contributed by atoms with van der Waals surface area (Å²) in [5.41, 5.74) is 1.12. The van der Waals surface area contributed by atoms with Gasteiger partial charge in [-0.15, -0.1) is 0 Å². The highest BCUT2D eigenvalue weighted by Crippen LogP contribution is 2.27. The quantitative estimate of drug-likeness (QED) is 0.703. The largest absolute Gasteiger partial charge is 0.495 e. The van der Waals surface area contributed by atoms with E-state index in [9.17, 15) is 18.0 Å². The van der Waals surface area contributed by atoms with Crippen molar-refractivity contribution in [3.63, 3.8) is 0 Å². The zero-order chi connectivity index (χ0) is 20.0. The molecule has 0 heterocycles. The number of esters is 1. The van der Waals surface area contributed by atoms with Crippen LogP contribution < -0.4 is 10.1 Å². The lowest BCUT2D eigenvalue weighted by atomic mass is 10.1. The van der Waals surface area contributed by atoms with Crippen LogP contribution in [0.3, 0.4) is 0 Å². The Bertz CT molecular complexity index is 941. The standard InChI is InChI=1S/C18H18ClNO6S/c1-25-16-8-7-14(19)9-15(16)20-17(21)10-26-18(22)13-5-3-12(4-6-13)11-27(2,23)24/h3-9H,10-11H2,1-2H3,(H,20,21). The smallest absolute Gasteiger partial charge is 0.338 e. The number of amides is 1. The van der Waals surface area contributed by atoms with Gasteiger partial charge in [-0.3, -0.25) is 4.79 Å². The van der Waals surface area contributed by atoms with Gasteiger partial charge < -0.3 is 14.8 Å². The summed E-state index contributed by atoms with van der Waals surface area (Å²) in [6.07, 6.45) is 1.13. The molecule has 2 rings (SSSR count). The average molecular weight is 412 g/mol. The fraction of sp³-hybridized carbons (Fsp3) is 0.222. The fourth-order valence-corrected chi connectivity index (χ4v) is 3.19. The van der Waals surface area contributed by atoms with Gasteiger partial charge in [0.1, 0.15) is 5.75 Å². The molecule has 2 aromatic carbocycles. The molecule has 0 fully saturated rings. The Morgan fingerprint density at radius 3 is 2.37 bits per heavy atom. The molecule has 0 aliphatic rings. The molecule has 0 spiro atoms. The molecule has 0 saturated carbocycles. The van der Waals surface area contributed by atoms with E-state index in [1.807, 2.05) is 0 Å². The highest BCUT2D eigenvalue weighted by molar-refractivity contribution is 7.89. The Hall–Kier alpha value is -2.58. The Morgan fingerprint density at radius 2 is 1.78 bits per heavy atom. The molecule has 0 atom stereocenters. The number of sulfone groups is 1. The lowest BCUT2D eigenvalue weighted by molar-refractivity contribution is -0.119. The van der Waals surface area contributed by atoms with Gasteiger partial charge >= 0.3 is 5.97 Å². The first kappa shape index (κ1) is 20.7. The van der Waals surface area contributed by atoms with Gasteiger partial charge in [-0.2, -0.15) is 0 Å². The number of anilines is 1. The molecule has 27 heavy (non-hydrogen) atoms. The summed E-state index contributed by atoms with van der Waals surface area (Å²) in [5.74, 6) is -0.959. The van der Waals surface area contributed by atoms with E-state index in [2.05, 4.69) is 5.32 Å². The topological polar surface area (TPSA) is 98.8 Å². The minimum absolute atomic E-state index is 0.119. The molecule has 1 amide bonds. The van der Waals surface area contributed by atoms with Crippen LogP contribution in [0.4, 0.5) is 5.69 Å². The van der Waals surface area contributed by atoms with Crippen LogP contribution in [0.1, 0.15) is 15.9 Å². The Morgan fingerprint density at radius 1 is 1.11 bits per heavy atom. The number of ether oxygens (including phenoxy) is 2. The van der Waals surface area contributed by atoms with Crippen molar-refractivity contribution in [2.75, 3.05) is 25.3 Å². The van der Waals surface area contributed by atoms with Crippen LogP contribution in [-0.2, 0) is 25.1 Å². The third-order valence-electron chi connectivity index (χ3n) is 3.39. The van der Waals surface area contributed by atoms with E-state index >= 15 is 0 Å². The van der Waals surface area contributed by atoms with E-state index in [0.717, 1.165) is 6.26 Å². The van der Waals surface area contributed by atoms with E-state index in [4.69, 9.17) is 21.1 Å². The summed E-state index contributed by atoms with van der Waals surface area (Å²) in [6.45, 7) is -0.500. The molecule has 0 radical (unpaired) electrons. The minimum Gasteiger partial charge on any atom is -0.495 e. The van der Waals surface area contributed by atoms with Crippen molar-refractivity contribution in [2.24, 2.45) is 0 Å². The van der Waals surface area contributed by atoms with E-state index in [-0.39, 0.29) is 11.3 Å². The van der Waals surface area contributed by atoms with E-state index in [0.29, 0.717) is 22.0 Å².